The van der Waals surface area contributed by atoms with E-state index in [4.69, 9.17) is 4.74 Å². The van der Waals surface area contributed by atoms with Crippen molar-refractivity contribution in [1.82, 2.24) is 14.6 Å². The van der Waals surface area contributed by atoms with Crippen molar-refractivity contribution in [3.63, 3.8) is 0 Å². The van der Waals surface area contributed by atoms with E-state index < -0.39 is 21.7 Å². The zero-order valence-corrected chi connectivity index (χ0v) is 21.2. The van der Waals surface area contributed by atoms with Gasteiger partial charge in [-0.1, -0.05) is 42.5 Å². The molecule has 1 saturated heterocycles. The van der Waals surface area contributed by atoms with Crippen LogP contribution in [0.1, 0.15) is 43.4 Å². The highest BCUT2D eigenvalue weighted by Gasteiger charge is 2.43. The third-order valence-electron chi connectivity index (χ3n) is 6.59. The Kier molecular flexibility index (Phi) is 7.70. The zero-order chi connectivity index (χ0) is 25.8. The monoisotopic (exact) mass is 511 g/mol. The molecule has 36 heavy (non-hydrogen) atoms. The SMILES string of the molecule is C[C@@H](c1ccc(-c2ccccn2)cc1)N1CC[C@](CCCNS(C)(=O)=O)(c2ccc(F)cc2)OC1=O. The number of hydrogen-bond donors (Lipinski definition) is 1. The van der Waals surface area contributed by atoms with Gasteiger partial charge in [-0.25, -0.2) is 22.3 Å². The summed E-state index contributed by atoms with van der Waals surface area (Å²) in [6.07, 6.45) is 3.77. The maximum absolute atomic E-state index is 13.6. The minimum absolute atomic E-state index is 0.214. The molecule has 4 rings (SSSR count). The summed E-state index contributed by atoms with van der Waals surface area (Å²) in [6, 6.07) is 19.4. The number of carbonyl (C=O) groups excluding carboxylic acids is 1. The van der Waals surface area contributed by atoms with Gasteiger partial charge in [0.1, 0.15) is 11.4 Å². The number of benzene rings is 2. The number of halogens is 1. The molecule has 0 bridgehead atoms. The van der Waals surface area contributed by atoms with Gasteiger partial charge >= 0.3 is 6.09 Å². The summed E-state index contributed by atoms with van der Waals surface area (Å²) in [5.41, 5.74) is 2.58. The van der Waals surface area contributed by atoms with Crippen LogP contribution in [0.25, 0.3) is 11.3 Å². The van der Waals surface area contributed by atoms with Gasteiger partial charge in [0, 0.05) is 31.3 Å². The van der Waals surface area contributed by atoms with E-state index >= 15 is 0 Å². The standard InChI is InChI=1S/C27H30FN3O4S/c1-20(21-7-9-22(10-8-21)25-6-3-4-17-29-25)31-19-16-27(35-26(31)32,15-5-18-30-36(2,33)34)23-11-13-24(28)14-12-23/h3-4,6-14,17,20,30H,5,15-16,18-19H2,1-2H3/t20-,27+/m0/s1. The number of cyclic esters (lactones) is 1. The van der Waals surface area contributed by atoms with E-state index in [9.17, 15) is 17.6 Å². The summed E-state index contributed by atoms with van der Waals surface area (Å²) in [5, 5.41) is 0. The van der Waals surface area contributed by atoms with Crippen molar-refractivity contribution in [3.8, 4) is 11.3 Å². The third-order valence-corrected chi connectivity index (χ3v) is 7.32. The van der Waals surface area contributed by atoms with Gasteiger partial charge in [0.2, 0.25) is 10.0 Å². The Labute approximate surface area is 211 Å². The molecule has 1 aliphatic heterocycles. The molecule has 0 saturated carbocycles. The highest BCUT2D eigenvalue weighted by molar-refractivity contribution is 7.88. The Morgan fingerprint density at radius 2 is 1.83 bits per heavy atom. The molecule has 1 amide bonds. The van der Waals surface area contributed by atoms with Gasteiger partial charge in [-0.15, -0.1) is 0 Å². The van der Waals surface area contributed by atoms with Gasteiger partial charge in [0.05, 0.1) is 18.0 Å². The molecule has 190 valence electrons. The number of aromatic nitrogens is 1. The van der Waals surface area contributed by atoms with Crippen LogP contribution in [0.4, 0.5) is 9.18 Å². The molecular formula is C27H30FN3O4S. The highest BCUT2D eigenvalue weighted by atomic mass is 32.2. The normalized spacial score (nSPS) is 19.1. The van der Waals surface area contributed by atoms with Gasteiger partial charge < -0.3 is 9.64 Å². The lowest BCUT2D eigenvalue weighted by molar-refractivity contribution is -0.0662. The number of hydrogen-bond acceptors (Lipinski definition) is 5. The van der Waals surface area contributed by atoms with E-state index in [-0.39, 0.29) is 18.4 Å². The van der Waals surface area contributed by atoms with E-state index in [0.29, 0.717) is 31.4 Å². The molecule has 2 aromatic carbocycles. The molecule has 1 fully saturated rings. The van der Waals surface area contributed by atoms with Crippen LogP contribution in [0.5, 0.6) is 0 Å². The summed E-state index contributed by atoms with van der Waals surface area (Å²) in [5.74, 6) is -0.376. The number of ether oxygens (including phenoxy) is 1. The van der Waals surface area contributed by atoms with Crippen LogP contribution in [0, 0.1) is 5.82 Å². The topological polar surface area (TPSA) is 88.6 Å². The summed E-state index contributed by atoms with van der Waals surface area (Å²) in [4.78, 5) is 19.3. The molecule has 0 unspecified atom stereocenters. The highest BCUT2D eigenvalue weighted by Crippen LogP contribution is 2.40. The first-order chi connectivity index (χ1) is 17.2. The molecule has 1 aromatic heterocycles. The predicted octanol–water partition coefficient (Wildman–Crippen LogP) is 5.02. The van der Waals surface area contributed by atoms with E-state index in [1.165, 1.54) is 12.1 Å². The molecule has 7 nitrogen and oxygen atoms in total. The third kappa shape index (κ3) is 6.09. The first-order valence-corrected chi connectivity index (χ1v) is 13.8. The van der Waals surface area contributed by atoms with Crippen LogP contribution in [0.3, 0.4) is 0 Å². The van der Waals surface area contributed by atoms with Crippen molar-refractivity contribution >= 4 is 16.1 Å². The fourth-order valence-corrected chi connectivity index (χ4v) is 5.09. The van der Waals surface area contributed by atoms with Crippen LogP contribution in [-0.2, 0) is 20.4 Å². The average Bonchev–Trinajstić information content (AvgIpc) is 2.87. The van der Waals surface area contributed by atoms with E-state index in [0.717, 1.165) is 23.1 Å². The van der Waals surface area contributed by atoms with Crippen molar-refractivity contribution in [1.29, 1.82) is 0 Å². The van der Waals surface area contributed by atoms with Crippen LogP contribution >= 0.6 is 0 Å². The Bertz CT molecular complexity index is 1280. The number of amides is 1. The molecule has 3 aromatic rings. The number of sulfonamides is 1. The maximum Gasteiger partial charge on any atom is 0.411 e. The molecule has 0 aliphatic carbocycles. The molecule has 2 heterocycles. The zero-order valence-electron chi connectivity index (χ0n) is 20.4. The number of pyridine rings is 1. The summed E-state index contributed by atoms with van der Waals surface area (Å²) in [7, 11) is -3.32. The van der Waals surface area contributed by atoms with E-state index in [2.05, 4.69) is 9.71 Å². The molecular weight excluding hydrogens is 481 g/mol. The minimum atomic E-state index is -3.32. The minimum Gasteiger partial charge on any atom is -0.438 e. The molecule has 1 aliphatic rings. The largest absolute Gasteiger partial charge is 0.438 e. The van der Waals surface area contributed by atoms with E-state index in [1.54, 1.807) is 23.2 Å². The Morgan fingerprint density at radius 1 is 1.11 bits per heavy atom. The molecule has 0 spiro atoms. The number of rotatable bonds is 9. The Morgan fingerprint density at radius 3 is 2.44 bits per heavy atom. The van der Waals surface area contributed by atoms with Crippen molar-refractivity contribution < 1.29 is 22.3 Å². The Balaban J connectivity index is 1.49. The van der Waals surface area contributed by atoms with Crippen LogP contribution in [0.15, 0.2) is 72.9 Å². The van der Waals surface area contributed by atoms with Gasteiger partial charge in [0.25, 0.3) is 0 Å². The second-order valence-electron chi connectivity index (χ2n) is 9.10. The lowest BCUT2D eigenvalue weighted by Crippen LogP contribution is -2.49. The van der Waals surface area contributed by atoms with Crippen LogP contribution in [-0.4, -0.2) is 43.7 Å². The number of nitrogens with zero attached hydrogens (tertiary/aromatic N) is 2. The fraction of sp³-hybridized carbons (Fsp3) is 0.333. The molecule has 2 atom stereocenters. The first-order valence-electron chi connectivity index (χ1n) is 11.9. The van der Waals surface area contributed by atoms with Gasteiger partial charge in [-0.05, 0) is 55.2 Å². The van der Waals surface area contributed by atoms with Crippen molar-refractivity contribution in [3.05, 3.63) is 89.9 Å². The van der Waals surface area contributed by atoms with Crippen molar-refractivity contribution in [2.24, 2.45) is 0 Å². The van der Waals surface area contributed by atoms with Crippen molar-refractivity contribution in [2.75, 3.05) is 19.3 Å². The summed E-state index contributed by atoms with van der Waals surface area (Å²) >= 11 is 0. The second kappa shape index (κ2) is 10.8. The maximum atomic E-state index is 13.6. The summed E-state index contributed by atoms with van der Waals surface area (Å²) < 4.78 is 45.0. The van der Waals surface area contributed by atoms with Gasteiger partial charge in [-0.3, -0.25) is 4.98 Å². The van der Waals surface area contributed by atoms with Gasteiger partial charge in [0.15, 0.2) is 0 Å². The number of carbonyl (C=O) groups is 1. The quantitative estimate of drug-likeness (QED) is 0.408. The first kappa shape index (κ1) is 25.8. The second-order valence-corrected chi connectivity index (χ2v) is 10.9. The van der Waals surface area contributed by atoms with Crippen LogP contribution in [0.2, 0.25) is 0 Å². The Hall–Kier alpha value is -3.30. The average molecular weight is 512 g/mol. The fourth-order valence-electron chi connectivity index (χ4n) is 4.58. The van der Waals surface area contributed by atoms with Gasteiger partial charge in [-0.2, -0.15) is 0 Å². The van der Waals surface area contributed by atoms with E-state index in [1.807, 2.05) is 49.4 Å². The predicted molar refractivity (Wildman–Crippen MR) is 136 cm³/mol. The molecule has 1 N–H and O–H groups in total. The van der Waals surface area contributed by atoms with Crippen molar-refractivity contribution in [2.45, 2.75) is 37.8 Å². The summed E-state index contributed by atoms with van der Waals surface area (Å²) in [6.45, 7) is 2.62. The smallest absolute Gasteiger partial charge is 0.411 e. The lowest BCUT2D eigenvalue weighted by atomic mass is 9.84. The molecule has 9 heteroatoms. The van der Waals surface area contributed by atoms with Crippen LogP contribution < -0.4 is 4.72 Å². The number of nitrogens with one attached hydrogen (secondary N) is 1. The molecule has 0 radical (unpaired) electrons. The lowest BCUT2D eigenvalue weighted by Gasteiger charge is -2.43.